The van der Waals surface area contributed by atoms with Crippen LogP contribution in [0.1, 0.15) is 25.3 Å². The van der Waals surface area contributed by atoms with Gasteiger partial charge in [-0.2, -0.15) is 0 Å². The molecule has 3 aromatic carbocycles. The van der Waals surface area contributed by atoms with Gasteiger partial charge in [-0.15, -0.1) is 0 Å². The van der Waals surface area contributed by atoms with Crippen LogP contribution in [0.15, 0.2) is 97.2 Å². The summed E-state index contributed by atoms with van der Waals surface area (Å²) in [6, 6.07) is 28.7. The number of carbonyl (C=O) groups is 2. The van der Waals surface area contributed by atoms with Crippen LogP contribution in [0, 0.1) is 0 Å². The number of nitrogens with one attached hydrogen (secondary N) is 1. The van der Waals surface area contributed by atoms with Crippen molar-refractivity contribution in [3.8, 4) is 16.9 Å². The van der Waals surface area contributed by atoms with E-state index in [2.05, 4.69) is 5.32 Å². The summed E-state index contributed by atoms with van der Waals surface area (Å²) >= 11 is 0. The monoisotopic (exact) mass is 481 g/mol. The van der Waals surface area contributed by atoms with Crippen molar-refractivity contribution in [2.75, 3.05) is 18.4 Å². The first-order valence-corrected chi connectivity index (χ1v) is 12.0. The Morgan fingerprint density at radius 1 is 0.917 bits per heavy atom. The smallest absolute Gasteiger partial charge is 0.246 e. The van der Waals surface area contributed by atoms with Gasteiger partial charge < -0.3 is 10.6 Å². The minimum atomic E-state index is -0.516. The first-order valence-electron chi connectivity index (χ1n) is 12.0. The van der Waals surface area contributed by atoms with Gasteiger partial charge in [-0.05, 0) is 31.5 Å². The third kappa shape index (κ3) is 5.70. The fourth-order valence-corrected chi connectivity index (χ4v) is 4.10. The molecular formula is C29H31N5O2. The van der Waals surface area contributed by atoms with Gasteiger partial charge in [0.1, 0.15) is 6.54 Å². The number of hydrogen-bond acceptors (Lipinski definition) is 4. The summed E-state index contributed by atoms with van der Waals surface area (Å²) in [6.07, 6.45) is 1.89. The highest BCUT2D eigenvalue weighted by Gasteiger charge is 2.28. The topological polar surface area (TPSA) is 93.2 Å². The van der Waals surface area contributed by atoms with Gasteiger partial charge in [0.05, 0.1) is 11.6 Å². The number of hydrogen-bond donors (Lipinski definition) is 2. The zero-order valence-corrected chi connectivity index (χ0v) is 20.5. The lowest BCUT2D eigenvalue weighted by atomic mass is 9.97. The SMILES string of the molecule is CC(C)N(CC(=O)Nc1nc(-c2ccccc2)cn1-c1ccccc1)C(=O)C(CN)c1ccccc1. The zero-order valence-electron chi connectivity index (χ0n) is 20.5. The quantitative estimate of drug-likeness (QED) is 0.369. The highest BCUT2D eigenvalue weighted by atomic mass is 16.2. The molecule has 1 atom stereocenters. The minimum Gasteiger partial charge on any atom is -0.330 e. The molecule has 0 saturated heterocycles. The maximum atomic E-state index is 13.4. The highest BCUT2D eigenvalue weighted by molar-refractivity contribution is 5.95. The molecule has 1 heterocycles. The Bertz CT molecular complexity index is 1290. The standard InChI is InChI=1S/C29H31N5O2/c1-21(2)33(28(36)25(18-30)22-12-6-3-7-13-22)20-27(35)32-29-31-26(23-14-8-4-9-15-23)19-34(29)24-16-10-5-11-17-24/h3-17,19,21,25H,18,20,30H2,1-2H3,(H,31,32,35). The van der Waals surface area contributed by atoms with E-state index < -0.39 is 5.92 Å². The van der Waals surface area contributed by atoms with Crippen LogP contribution in [0.2, 0.25) is 0 Å². The summed E-state index contributed by atoms with van der Waals surface area (Å²) in [7, 11) is 0. The van der Waals surface area contributed by atoms with Gasteiger partial charge in [0, 0.05) is 30.0 Å². The molecule has 7 nitrogen and oxygen atoms in total. The second kappa shape index (κ2) is 11.5. The van der Waals surface area contributed by atoms with E-state index in [0.717, 1.165) is 22.5 Å². The van der Waals surface area contributed by atoms with E-state index in [0.29, 0.717) is 5.95 Å². The van der Waals surface area contributed by atoms with E-state index in [4.69, 9.17) is 10.7 Å². The summed E-state index contributed by atoms with van der Waals surface area (Å²) in [5, 5.41) is 2.92. The average molecular weight is 482 g/mol. The number of imidazole rings is 1. The van der Waals surface area contributed by atoms with Crippen molar-refractivity contribution in [2.45, 2.75) is 25.8 Å². The van der Waals surface area contributed by atoms with Crippen LogP contribution in [0.3, 0.4) is 0 Å². The number of para-hydroxylation sites is 1. The summed E-state index contributed by atoms with van der Waals surface area (Å²) in [4.78, 5) is 32.9. The molecule has 184 valence electrons. The number of nitrogens with zero attached hydrogens (tertiary/aromatic N) is 3. The molecule has 0 aliphatic rings. The Balaban J connectivity index is 1.58. The van der Waals surface area contributed by atoms with Gasteiger partial charge >= 0.3 is 0 Å². The fourth-order valence-electron chi connectivity index (χ4n) is 4.10. The van der Waals surface area contributed by atoms with Crippen LogP contribution in [0.4, 0.5) is 5.95 Å². The molecule has 1 unspecified atom stereocenters. The molecule has 3 N–H and O–H groups in total. The molecule has 0 saturated carbocycles. The van der Waals surface area contributed by atoms with E-state index in [9.17, 15) is 9.59 Å². The van der Waals surface area contributed by atoms with Crippen molar-refractivity contribution in [1.82, 2.24) is 14.5 Å². The predicted molar refractivity (Wildman–Crippen MR) is 143 cm³/mol. The molecule has 1 aromatic heterocycles. The van der Waals surface area contributed by atoms with Crippen LogP contribution in [0.25, 0.3) is 16.9 Å². The second-order valence-corrected chi connectivity index (χ2v) is 8.83. The van der Waals surface area contributed by atoms with Gasteiger partial charge in [-0.3, -0.25) is 19.5 Å². The number of amides is 2. The number of rotatable bonds is 9. The molecular weight excluding hydrogens is 450 g/mol. The van der Waals surface area contributed by atoms with E-state index in [1.54, 1.807) is 4.90 Å². The van der Waals surface area contributed by atoms with Gasteiger partial charge in [0.15, 0.2) is 0 Å². The third-order valence-corrected chi connectivity index (χ3v) is 6.02. The lowest BCUT2D eigenvalue weighted by Gasteiger charge is -2.30. The number of aromatic nitrogens is 2. The van der Waals surface area contributed by atoms with Crippen molar-refractivity contribution in [3.05, 3.63) is 103 Å². The number of benzene rings is 3. The van der Waals surface area contributed by atoms with Gasteiger partial charge in [-0.1, -0.05) is 78.9 Å². The number of carbonyl (C=O) groups excluding carboxylic acids is 2. The maximum Gasteiger partial charge on any atom is 0.246 e. The molecule has 0 spiro atoms. The van der Waals surface area contributed by atoms with Gasteiger partial charge in [-0.25, -0.2) is 4.98 Å². The van der Waals surface area contributed by atoms with E-state index in [1.807, 2.05) is 116 Å². The molecule has 0 radical (unpaired) electrons. The molecule has 0 aliphatic heterocycles. The van der Waals surface area contributed by atoms with Crippen molar-refractivity contribution in [2.24, 2.45) is 5.73 Å². The predicted octanol–water partition coefficient (Wildman–Crippen LogP) is 4.46. The molecule has 0 bridgehead atoms. The summed E-state index contributed by atoms with van der Waals surface area (Å²) in [5.74, 6) is -0.634. The summed E-state index contributed by atoms with van der Waals surface area (Å²) in [6.45, 7) is 3.83. The third-order valence-electron chi connectivity index (χ3n) is 6.02. The molecule has 7 heteroatoms. The van der Waals surface area contributed by atoms with Crippen molar-refractivity contribution in [3.63, 3.8) is 0 Å². The van der Waals surface area contributed by atoms with Gasteiger partial charge in [0.2, 0.25) is 17.8 Å². The maximum absolute atomic E-state index is 13.4. The van der Waals surface area contributed by atoms with Crippen molar-refractivity contribution >= 4 is 17.8 Å². The minimum absolute atomic E-state index is 0.109. The lowest BCUT2D eigenvalue weighted by Crippen LogP contribution is -2.46. The van der Waals surface area contributed by atoms with E-state index in [-0.39, 0.29) is 30.9 Å². The Morgan fingerprint density at radius 3 is 2.08 bits per heavy atom. The van der Waals surface area contributed by atoms with Crippen molar-refractivity contribution < 1.29 is 9.59 Å². The zero-order chi connectivity index (χ0) is 25.5. The number of anilines is 1. The Morgan fingerprint density at radius 2 is 1.50 bits per heavy atom. The molecule has 0 aliphatic carbocycles. The fraction of sp³-hybridized carbons (Fsp3) is 0.207. The first kappa shape index (κ1) is 24.9. The second-order valence-electron chi connectivity index (χ2n) is 8.83. The Hall–Kier alpha value is -4.23. The molecule has 0 fully saturated rings. The van der Waals surface area contributed by atoms with Crippen LogP contribution in [-0.4, -0.2) is 45.4 Å². The lowest BCUT2D eigenvalue weighted by molar-refractivity contribution is -0.137. The van der Waals surface area contributed by atoms with Crippen LogP contribution >= 0.6 is 0 Å². The van der Waals surface area contributed by atoms with E-state index in [1.165, 1.54) is 0 Å². The van der Waals surface area contributed by atoms with Crippen LogP contribution < -0.4 is 11.1 Å². The summed E-state index contributed by atoms with van der Waals surface area (Å²) < 4.78 is 1.84. The van der Waals surface area contributed by atoms with E-state index >= 15 is 0 Å². The molecule has 2 amide bonds. The van der Waals surface area contributed by atoms with Crippen LogP contribution in [-0.2, 0) is 9.59 Å². The van der Waals surface area contributed by atoms with Gasteiger partial charge in [0.25, 0.3) is 0 Å². The number of nitrogens with two attached hydrogens (primary N) is 1. The van der Waals surface area contributed by atoms with Crippen molar-refractivity contribution in [1.29, 1.82) is 0 Å². The van der Waals surface area contributed by atoms with Crippen LogP contribution in [0.5, 0.6) is 0 Å². The molecule has 4 aromatic rings. The molecule has 4 rings (SSSR count). The summed E-state index contributed by atoms with van der Waals surface area (Å²) in [5.41, 5.74) is 9.36. The largest absolute Gasteiger partial charge is 0.330 e. The average Bonchev–Trinajstić information content (AvgIpc) is 3.32. The highest BCUT2D eigenvalue weighted by Crippen LogP contribution is 2.24. The Labute approximate surface area is 211 Å². The molecule has 36 heavy (non-hydrogen) atoms. The first-order chi connectivity index (χ1) is 17.5. The normalized spacial score (nSPS) is 11.8. The Kier molecular flexibility index (Phi) is 7.92.